The Kier molecular flexibility index (Phi) is 3.31. The normalized spacial score (nSPS) is 10.7. The van der Waals surface area contributed by atoms with Gasteiger partial charge in [0.1, 0.15) is 11.5 Å². The van der Waals surface area contributed by atoms with E-state index in [1.165, 1.54) is 23.8 Å². The van der Waals surface area contributed by atoms with Gasteiger partial charge in [0.25, 0.3) is 5.89 Å². The number of aromatic hydroxyl groups is 2. The molecule has 3 aromatic rings. The second-order valence-corrected chi connectivity index (χ2v) is 4.68. The van der Waals surface area contributed by atoms with E-state index in [9.17, 15) is 10.2 Å². The van der Waals surface area contributed by atoms with Crippen molar-refractivity contribution in [3.05, 3.63) is 48.0 Å². The predicted molar refractivity (Wildman–Crippen MR) is 77.9 cm³/mol. The maximum absolute atomic E-state index is 9.80. The van der Waals surface area contributed by atoms with Crippen molar-refractivity contribution in [2.45, 2.75) is 13.3 Å². The summed E-state index contributed by atoms with van der Waals surface area (Å²) in [4.78, 5) is 4.26. The average Bonchev–Trinajstić information content (AvgIpc) is 2.99. The molecule has 0 unspecified atom stereocenters. The van der Waals surface area contributed by atoms with E-state index >= 15 is 0 Å². The van der Waals surface area contributed by atoms with Gasteiger partial charge in [-0.15, -0.1) is 0 Å². The van der Waals surface area contributed by atoms with Crippen molar-refractivity contribution in [2.24, 2.45) is 0 Å². The number of benzene rings is 2. The van der Waals surface area contributed by atoms with Gasteiger partial charge in [-0.3, -0.25) is 0 Å². The van der Waals surface area contributed by atoms with E-state index in [2.05, 4.69) is 17.1 Å². The van der Waals surface area contributed by atoms with Crippen molar-refractivity contribution in [1.82, 2.24) is 10.1 Å². The quantitative estimate of drug-likeness (QED) is 0.720. The zero-order valence-corrected chi connectivity index (χ0v) is 11.4. The summed E-state index contributed by atoms with van der Waals surface area (Å²) in [6, 6.07) is 12.0. The van der Waals surface area contributed by atoms with Crippen molar-refractivity contribution in [3.8, 4) is 34.3 Å². The van der Waals surface area contributed by atoms with E-state index in [1.54, 1.807) is 0 Å². The minimum Gasteiger partial charge on any atom is -0.508 e. The molecule has 0 fully saturated rings. The molecule has 2 aromatic carbocycles. The molecule has 5 nitrogen and oxygen atoms in total. The van der Waals surface area contributed by atoms with Crippen LogP contribution >= 0.6 is 0 Å². The molecule has 0 atom stereocenters. The van der Waals surface area contributed by atoms with E-state index in [1.807, 2.05) is 24.3 Å². The third-order valence-electron chi connectivity index (χ3n) is 3.26. The number of rotatable bonds is 3. The lowest BCUT2D eigenvalue weighted by molar-refractivity contribution is 0.423. The highest BCUT2D eigenvalue weighted by atomic mass is 16.5. The first-order valence-electron chi connectivity index (χ1n) is 6.62. The zero-order valence-electron chi connectivity index (χ0n) is 11.4. The zero-order chi connectivity index (χ0) is 14.8. The molecule has 21 heavy (non-hydrogen) atoms. The van der Waals surface area contributed by atoms with E-state index in [4.69, 9.17) is 4.52 Å². The number of phenols is 2. The summed E-state index contributed by atoms with van der Waals surface area (Å²) in [6.45, 7) is 2.09. The van der Waals surface area contributed by atoms with Crippen LogP contribution in [0.1, 0.15) is 12.5 Å². The molecule has 0 amide bonds. The van der Waals surface area contributed by atoms with Crippen molar-refractivity contribution in [1.29, 1.82) is 0 Å². The SMILES string of the molecule is CCc1ccc(-c2noc(-c3cc(O)ccc3O)n2)cc1. The first-order valence-corrected chi connectivity index (χ1v) is 6.62. The Labute approximate surface area is 121 Å². The largest absolute Gasteiger partial charge is 0.508 e. The number of hydrogen-bond donors (Lipinski definition) is 2. The van der Waals surface area contributed by atoms with Crippen molar-refractivity contribution < 1.29 is 14.7 Å². The molecule has 0 bridgehead atoms. The van der Waals surface area contributed by atoms with Crippen LogP contribution < -0.4 is 0 Å². The van der Waals surface area contributed by atoms with Crippen LogP contribution in [0, 0.1) is 0 Å². The summed E-state index contributed by atoms with van der Waals surface area (Å²) < 4.78 is 5.17. The van der Waals surface area contributed by atoms with Gasteiger partial charge in [-0.05, 0) is 30.2 Å². The Morgan fingerprint density at radius 3 is 2.52 bits per heavy atom. The first kappa shape index (κ1) is 13.2. The summed E-state index contributed by atoms with van der Waals surface area (Å²) in [5.74, 6) is 0.604. The second-order valence-electron chi connectivity index (χ2n) is 4.68. The fourth-order valence-corrected chi connectivity index (χ4v) is 2.03. The summed E-state index contributed by atoms with van der Waals surface area (Å²) in [6.07, 6.45) is 0.967. The van der Waals surface area contributed by atoms with Gasteiger partial charge in [-0.2, -0.15) is 4.98 Å². The molecule has 0 aliphatic heterocycles. The van der Waals surface area contributed by atoms with E-state index in [-0.39, 0.29) is 17.4 Å². The van der Waals surface area contributed by atoms with Crippen molar-refractivity contribution >= 4 is 0 Å². The molecule has 0 aliphatic carbocycles. The second kappa shape index (κ2) is 5.28. The minimum absolute atomic E-state index is 0.0230. The molecule has 0 saturated carbocycles. The van der Waals surface area contributed by atoms with Crippen LogP contribution in [-0.2, 0) is 6.42 Å². The van der Waals surface area contributed by atoms with Gasteiger partial charge in [0, 0.05) is 5.56 Å². The maximum Gasteiger partial charge on any atom is 0.262 e. The van der Waals surface area contributed by atoms with E-state index < -0.39 is 0 Å². The lowest BCUT2D eigenvalue weighted by Crippen LogP contribution is -1.84. The fourth-order valence-electron chi connectivity index (χ4n) is 2.03. The Hall–Kier alpha value is -2.82. The van der Waals surface area contributed by atoms with Crippen LogP contribution in [0.25, 0.3) is 22.8 Å². The minimum atomic E-state index is -0.0238. The molecule has 5 heteroatoms. The Balaban J connectivity index is 1.97. The molecule has 106 valence electrons. The highest BCUT2D eigenvalue weighted by Crippen LogP contribution is 2.32. The van der Waals surface area contributed by atoms with E-state index in [0.29, 0.717) is 11.4 Å². The third-order valence-corrected chi connectivity index (χ3v) is 3.26. The molecule has 1 aromatic heterocycles. The average molecular weight is 282 g/mol. The topological polar surface area (TPSA) is 79.4 Å². The van der Waals surface area contributed by atoms with Gasteiger partial charge in [0.2, 0.25) is 5.82 Å². The third kappa shape index (κ3) is 2.58. The summed E-state index contributed by atoms with van der Waals surface area (Å²) in [7, 11) is 0. The molecule has 0 spiro atoms. The summed E-state index contributed by atoms with van der Waals surface area (Å²) in [5.41, 5.74) is 2.37. The summed E-state index contributed by atoms with van der Waals surface area (Å²) in [5, 5.41) is 23.2. The van der Waals surface area contributed by atoms with Gasteiger partial charge in [0.15, 0.2) is 0 Å². The lowest BCUT2D eigenvalue weighted by Gasteiger charge is -1.99. The van der Waals surface area contributed by atoms with E-state index in [0.717, 1.165) is 12.0 Å². The summed E-state index contributed by atoms with van der Waals surface area (Å²) >= 11 is 0. The van der Waals surface area contributed by atoms with Gasteiger partial charge < -0.3 is 14.7 Å². The van der Waals surface area contributed by atoms with Crippen molar-refractivity contribution in [3.63, 3.8) is 0 Å². The van der Waals surface area contributed by atoms with Gasteiger partial charge in [-0.1, -0.05) is 36.3 Å². The molecule has 0 aliphatic rings. The molecule has 0 saturated heterocycles. The first-order chi connectivity index (χ1) is 10.2. The Morgan fingerprint density at radius 2 is 1.81 bits per heavy atom. The van der Waals surface area contributed by atoms with Gasteiger partial charge in [-0.25, -0.2) is 0 Å². The predicted octanol–water partition coefficient (Wildman–Crippen LogP) is 3.38. The smallest absolute Gasteiger partial charge is 0.262 e. The molecule has 0 radical (unpaired) electrons. The van der Waals surface area contributed by atoms with Crippen LogP contribution in [-0.4, -0.2) is 20.4 Å². The highest BCUT2D eigenvalue weighted by Gasteiger charge is 2.14. The van der Waals surface area contributed by atoms with Crippen LogP contribution in [0.5, 0.6) is 11.5 Å². The Morgan fingerprint density at radius 1 is 1.05 bits per heavy atom. The van der Waals surface area contributed by atoms with Gasteiger partial charge >= 0.3 is 0 Å². The van der Waals surface area contributed by atoms with Crippen molar-refractivity contribution in [2.75, 3.05) is 0 Å². The number of nitrogens with zero attached hydrogens (tertiary/aromatic N) is 2. The molecular weight excluding hydrogens is 268 g/mol. The van der Waals surface area contributed by atoms with Crippen LogP contribution in [0.4, 0.5) is 0 Å². The van der Waals surface area contributed by atoms with Crippen LogP contribution in [0.2, 0.25) is 0 Å². The Bertz CT molecular complexity index is 763. The molecule has 1 heterocycles. The number of phenolic OH excluding ortho intramolecular Hbond substituents is 2. The number of hydrogen-bond acceptors (Lipinski definition) is 5. The molecular formula is C16H14N2O3. The highest BCUT2D eigenvalue weighted by molar-refractivity contribution is 5.66. The number of aromatic nitrogens is 2. The molecule has 3 rings (SSSR count). The lowest BCUT2D eigenvalue weighted by atomic mass is 10.1. The molecule has 2 N–H and O–H groups in total. The maximum atomic E-state index is 9.80. The van der Waals surface area contributed by atoms with Crippen LogP contribution in [0.15, 0.2) is 47.0 Å². The fraction of sp³-hybridized carbons (Fsp3) is 0.125. The number of aryl methyl sites for hydroxylation is 1. The van der Waals surface area contributed by atoms with Gasteiger partial charge in [0.05, 0.1) is 5.56 Å². The monoisotopic (exact) mass is 282 g/mol. The van der Waals surface area contributed by atoms with Crippen LogP contribution in [0.3, 0.4) is 0 Å². The standard InChI is InChI=1S/C16H14N2O3/c1-2-10-3-5-11(6-4-10)15-17-16(21-18-15)13-9-12(19)7-8-14(13)20/h3-9,19-20H,2H2,1H3.